The number of hydrogen-bond donors (Lipinski definition) is 1. The smallest absolute Gasteiger partial charge is 0.00877 e. The lowest BCUT2D eigenvalue weighted by Crippen LogP contribution is -2.35. The van der Waals surface area contributed by atoms with Gasteiger partial charge >= 0.3 is 0 Å². The lowest BCUT2D eigenvalue weighted by Gasteiger charge is -2.27. The molecule has 1 nitrogen and oxygen atoms in total. The van der Waals surface area contributed by atoms with Crippen molar-refractivity contribution in [1.29, 1.82) is 0 Å². The minimum absolute atomic E-state index is 0.273. The first kappa shape index (κ1) is 11.0. The van der Waals surface area contributed by atoms with Gasteiger partial charge in [0.15, 0.2) is 0 Å². The molecule has 11 heavy (non-hydrogen) atoms. The van der Waals surface area contributed by atoms with Gasteiger partial charge in [-0.15, -0.1) is 0 Å². The van der Waals surface area contributed by atoms with Crippen LogP contribution in [-0.2, 0) is 0 Å². The highest BCUT2D eigenvalue weighted by Crippen LogP contribution is 2.22. The van der Waals surface area contributed by atoms with Gasteiger partial charge in [0, 0.05) is 6.04 Å². The second-order valence-electron chi connectivity index (χ2n) is 4.94. The van der Waals surface area contributed by atoms with E-state index in [1.165, 1.54) is 6.42 Å². The molecular formula is C10H23N. The quantitative estimate of drug-likeness (QED) is 0.670. The molecule has 1 heteroatoms. The second kappa shape index (κ2) is 4.10. The summed E-state index contributed by atoms with van der Waals surface area (Å²) in [7, 11) is 0. The van der Waals surface area contributed by atoms with Crippen LogP contribution in [0, 0.1) is 11.3 Å². The van der Waals surface area contributed by atoms with E-state index < -0.39 is 0 Å². The van der Waals surface area contributed by atoms with Crippen molar-refractivity contribution in [2.24, 2.45) is 17.1 Å². The van der Waals surface area contributed by atoms with Crippen LogP contribution in [0.25, 0.3) is 0 Å². The Bertz CT molecular complexity index is 99.9. The van der Waals surface area contributed by atoms with Gasteiger partial charge in [0.2, 0.25) is 0 Å². The fourth-order valence-electron chi connectivity index (χ4n) is 0.946. The minimum atomic E-state index is 0.273. The van der Waals surface area contributed by atoms with Crippen LogP contribution >= 0.6 is 0 Å². The van der Waals surface area contributed by atoms with Crippen molar-refractivity contribution in [2.45, 2.75) is 53.5 Å². The monoisotopic (exact) mass is 157 g/mol. The molecule has 0 aliphatic heterocycles. The van der Waals surface area contributed by atoms with Crippen molar-refractivity contribution in [3.05, 3.63) is 0 Å². The number of rotatable bonds is 3. The van der Waals surface area contributed by atoms with E-state index in [1.807, 2.05) is 0 Å². The summed E-state index contributed by atoms with van der Waals surface area (Å²) in [5.41, 5.74) is 6.27. The van der Waals surface area contributed by atoms with Crippen molar-refractivity contribution < 1.29 is 0 Å². The Balaban J connectivity index is 3.61. The fraction of sp³-hybridized carbons (Fsp3) is 1.00. The summed E-state index contributed by atoms with van der Waals surface area (Å²) in [6.07, 6.45) is 2.40. The Morgan fingerprint density at radius 1 is 1.09 bits per heavy atom. The SMILES string of the molecule is CC(C)CCC(N)C(C)(C)C. The molecule has 0 aromatic carbocycles. The van der Waals surface area contributed by atoms with Crippen molar-refractivity contribution in [3.63, 3.8) is 0 Å². The van der Waals surface area contributed by atoms with Gasteiger partial charge in [0.25, 0.3) is 0 Å². The zero-order valence-corrected chi connectivity index (χ0v) is 8.65. The highest BCUT2D eigenvalue weighted by Gasteiger charge is 2.19. The van der Waals surface area contributed by atoms with E-state index in [9.17, 15) is 0 Å². The summed E-state index contributed by atoms with van der Waals surface area (Å²) in [4.78, 5) is 0. The third kappa shape index (κ3) is 5.25. The van der Waals surface area contributed by atoms with E-state index in [4.69, 9.17) is 5.73 Å². The zero-order valence-electron chi connectivity index (χ0n) is 8.65. The van der Waals surface area contributed by atoms with Crippen LogP contribution < -0.4 is 5.73 Å². The molecule has 0 radical (unpaired) electrons. The predicted octanol–water partition coefficient (Wildman–Crippen LogP) is 2.80. The van der Waals surface area contributed by atoms with Gasteiger partial charge in [-0.2, -0.15) is 0 Å². The number of hydrogen-bond acceptors (Lipinski definition) is 1. The van der Waals surface area contributed by atoms with E-state index in [0.717, 1.165) is 12.3 Å². The van der Waals surface area contributed by atoms with Crippen LogP contribution in [0.1, 0.15) is 47.5 Å². The molecule has 0 bridgehead atoms. The average Bonchev–Trinajstić information content (AvgIpc) is 1.80. The highest BCUT2D eigenvalue weighted by molar-refractivity contribution is 4.76. The number of nitrogens with two attached hydrogens (primary N) is 1. The van der Waals surface area contributed by atoms with Gasteiger partial charge in [-0.25, -0.2) is 0 Å². The maximum absolute atomic E-state index is 6.00. The topological polar surface area (TPSA) is 26.0 Å². The largest absolute Gasteiger partial charge is 0.327 e. The molecule has 0 heterocycles. The molecule has 0 fully saturated rings. The first-order chi connectivity index (χ1) is 4.84. The lowest BCUT2D eigenvalue weighted by molar-refractivity contribution is 0.291. The van der Waals surface area contributed by atoms with Crippen LogP contribution in [0.4, 0.5) is 0 Å². The summed E-state index contributed by atoms with van der Waals surface area (Å²) in [6.45, 7) is 11.1. The van der Waals surface area contributed by atoms with Crippen molar-refractivity contribution in [2.75, 3.05) is 0 Å². The Morgan fingerprint density at radius 3 is 1.82 bits per heavy atom. The summed E-state index contributed by atoms with van der Waals surface area (Å²) in [5, 5.41) is 0. The average molecular weight is 157 g/mol. The van der Waals surface area contributed by atoms with Gasteiger partial charge in [0.05, 0.1) is 0 Å². The highest BCUT2D eigenvalue weighted by atomic mass is 14.7. The summed E-state index contributed by atoms with van der Waals surface area (Å²) < 4.78 is 0. The molecular weight excluding hydrogens is 134 g/mol. The molecule has 0 saturated carbocycles. The molecule has 0 spiro atoms. The van der Waals surface area contributed by atoms with Gasteiger partial charge in [0.1, 0.15) is 0 Å². The molecule has 0 aromatic heterocycles. The van der Waals surface area contributed by atoms with Crippen molar-refractivity contribution >= 4 is 0 Å². The van der Waals surface area contributed by atoms with Gasteiger partial charge < -0.3 is 5.73 Å². The molecule has 0 aliphatic carbocycles. The third-order valence-electron chi connectivity index (χ3n) is 2.17. The van der Waals surface area contributed by atoms with Crippen LogP contribution in [0.2, 0.25) is 0 Å². The summed E-state index contributed by atoms with van der Waals surface area (Å²) in [5.74, 6) is 0.781. The molecule has 1 unspecified atom stereocenters. The molecule has 0 rings (SSSR count). The Kier molecular flexibility index (Phi) is 4.09. The van der Waals surface area contributed by atoms with Crippen LogP contribution in [0.5, 0.6) is 0 Å². The van der Waals surface area contributed by atoms with Crippen LogP contribution in [-0.4, -0.2) is 6.04 Å². The van der Waals surface area contributed by atoms with Gasteiger partial charge in [-0.05, 0) is 24.2 Å². The maximum Gasteiger partial charge on any atom is 0.00877 e. The molecule has 0 aromatic rings. The zero-order chi connectivity index (χ0) is 9.07. The van der Waals surface area contributed by atoms with E-state index in [1.54, 1.807) is 0 Å². The second-order valence-corrected chi connectivity index (χ2v) is 4.94. The molecule has 0 amide bonds. The molecule has 68 valence electrons. The first-order valence-corrected chi connectivity index (χ1v) is 4.59. The van der Waals surface area contributed by atoms with Crippen molar-refractivity contribution in [1.82, 2.24) is 0 Å². The van der Waals surface area contributed by atoms with Gasteiger partial charge in [-0.3, -0.25) is 0 Å². The van der Waals surface area contributed by atoms with Crippen LogP contribution in [0.3, 0.4) is 0 Å². The molecule has 2 N–H and O–H groups in total. The van der Waals surface area contributed by atoms with E-state index in [0.29, 0.717) is 6.04 Å². The summed E-state index contributed by atoms with van der Waals surface area (Å²) in [6, 6.07) is 0.352. The van der Waals surface area contributed by atoms with Crippen LogP contribution in [0.15, 0.2) is 0 Å². The van der Waals surface area contributed by atoms with E-state index in [2.05, 4.69) is 34.6 Å². The van der Waals surface area contributed by atoms with Crippen molar-refractivity contribution in [3.8, 4) is 0 Å². The van der Waals surface area contributed by atoms with Gasteiger partial charge in [-0.1, -0.05) is 34.6 Å². The van der Waals surface area contributed by atoms with E-state index >= 15 is 0 Å². The fourth-order valence-corrected chi connectivity index (χ4v) is 0.946. The lowest BCUT2D eigenvalue weighted by atomic mass is 9.83. The van der Waals surface area contributed by atoms with E-state index in [-0.39, 0.29) is 5.41 Å². The molecule has 0 aliphatic rings. The molecule has 1 atom stereocenters. The Labute approximate surface area is 71.4 Å². The first-order valence-electron chi connectivity index (χ1n) is 4.59. The maximum atomic E-state index is 6.00. The normalized spacial score (nSPS) is 15.5. The Hall–Kier alpha value is -0.0400. The third-order valence-corrected chi connectivity index (χ3v) is 2.17. The molecule has 0 saturated heterocycles. The Morgan fingerprint density at radius 2 is 1.55 bits per heavy atom. The predicted molar refractivity (Wildman–Crippen MR) is 51.5 cm³/mol. The summed E-state index contributed by atoms with van der Waals surface area (Å²) >= 11 is 0. The minimum Gasteiger partial charge on any atom is -0.327 e. The standard InChI is InChI=1S/C10H23N/c1-8(2)6-7-9(11)10(3,4)5/h8-9H,6-7,11H2,1-5H3.